The highest BCUT2D eigenvalue weighted by atomic mass is 19.1. The summed E-state index contributed by atoms with van der Waals surface area (Å²) in [6, 6.07) is 0. The highest BCUT2D eigenvalue weighted by Gasteiger charge is 2.47. The van der Waals surface area contributed by atoms with Crippen LogP contribution < -0.4 is 0 Å². The van der Waals surface area contributed by atoms with Crippen molar-refractivity contribution >= 4 is 5.95 Å². The van der Waals surface area contributed by atoms with Crippen LogP contribution in [0.5, 0.6) is 0 Å². The average Bonchev–Trinajstić information content (AvgIpc) is 2.87. The molecule has 4 atom stereocenters. The minimum Gasteiger partial charge on any atom is -0.394 e. The smallest absolute Gasteiger partial charge is 0.394 e. The lowest BCUT2D eigenvalue weighted by molar-refractivity contribution is -0.393. The Kier molecular flexibility index (Phi) is 3.05. The quantitative estimate of drug-likeness (QED) is 0.486. The monoisotopic (exact) mass is 247 g/mol. The number of aromatic amines is 1. The van der Waals surface area contributed by atoms with E-state index in [4.69, 9.17) is 9.84 Å². The number of H-pyrrole nitrogens is 1. The average molecular weight is 247 g/mol. The molecule has 0 bridgehead atoms. The van der Waals surface area contributed by atoms with Crippen molar-refractivity contribution in [1.29, 1.82) is 0 Å². The summed E-state index contributed by atoms with van der Waals surface area (Å²) in [5.41, 5.74) is -0.0146. The summed E-state index contributed by atoms with van der Waals surface area (Å²) < 4.78 is 18.6. The zero-order valence-electron chi connectivity index (χ0n) is 8.49. The molecule has 0 spiro atoms. The van der Waals surface area contributed by atoms with Crippen LogP contribution >= 0.6 is 0 Å². The number of nitrogens with one attached hydrogen (secondary N) is 1. The Hall–Kier alpha value is -1.58. The van der Waals surface area contributed by atoms with Gasteiger partial charge in [0.05, 0.1) is 6.61 Å². The zero-order chi connectivity index (χ0) is 12.6. The van der Waals surface area contributed by atoms with Gasteiger partial charge in [-0.05, 0) is 4.92 Å². The van der Waals surface area contributed by atoms with Gasteiger partial charge in [0.15, 0.2) is 18.0 Å². The van der Waals surface area contributed by atoms with Crippen molar-refractivity contribution in [2.24, 2.45) is 0 Å². The van der Waals surface area contributed by atoms with Crippen LogP contribution in [0.15, 0.2) is 6.20 Å². The standard InChI is InChI=1S/C8H10FN3O5/c9-5-6(14)4(2-13)17-7(5)3-1-10-8(11-3)12(15)16/h1,4-7,13-14H,2H2,(H,10,11)/t4-,5+,6-,7+/m1/s1. The molecule has 2 rings (SSSR count). The van der Waals surface area contributed by atoms with Gasteiger partial charge >= 0.3 is 5.95 Å². The van der Waals surface area contributed by atoms with Crippen LogP contribution in [0, 0.1) is 10.1 Å². The molecule has 0 aliphatic carbocycles. The maximum atomic E-state index is 13.6. The normalized spacial score (nSPS) is 32.9. The molecule has 9 heteroatoms. The minimum atomic E-state index is -1.78. The minimum absolute atomic E-state index is 0.0146. The van der Waals surface area contributed by atoms with Crippen molar-refractivity contribution in [2.45, 2.75) is 24.5 Å². The van der Waals surface area contributed by atoms with Crippen LogP contribution in [-0.2, 0) is 4.74 Å². The van der Waals surface area contributed by atoms with Gasteiger partial charge in [0.1, 0.15) is 18.4 Å². The molecule has 94 valence electrons. The molecule has 17 heavy (non-hydrogen) atoms. The molecule has 3 N–H and O–H groups in total. The van der Waals surface area contributed by atoms with Crippen molar-refractivity contribution in [2.75, 3.05) is 6.61 Å². The van der Waals surface area contributed by atoms with E-state index >= 15 is 0 Å². The number of aliphatic hydroxyl groups is 2. The first kappa shape index (κ1) is 11.9. The van der Waals surface area contributed by atoms with Crippen LogP contribution in [0.1, 0.15) is 11.8 Å². The number of alkyl halides is 1. The molecule has 1 aromatic rings. The molecule has 1 saturated heterocycles. The predicted octanol–water partition coefficient (Wildman–Crippen LogP) is -0.551. The van der Waals surface area contributed by atoms with E-state index in [1.54, 1.807) is 0 Å². The Morgan fingerprint density at radius 2 is 2.41 bits per heavy atom. The van der Waals surface area contributed by atoms with Crippen molar-refractivity contribution in [3.63, 3.8) is 0 Å². The highest BCUT2D eigenvalue weighted by Crippen LogP contribution is 2.35. The summed E-state index contributed by atoms with van der Waals surface area (Å²) in [7, 11) is 0. The molecule has 1 aromatic heterocycles. The molecule has 0 amide bonds. The Morgan fingerprint density at radius 1 is 1.71 bits per heavy atom. The summed E-state index contributed by atoms with van der Waals surface area (Å²) in [6.07, 6.45) is -4.38. The summed E-state index contributed by atoms with van der Waals surface area (Å²) in [5, 5.41) is 28.6. The molecular weight excluding hydrogens is 237 g/mol. The van der Waals surface area contributed by atoms with Crippen LogP contribution in [-0.4, -0.2) is 50.1 Å². The van der Waals surface area contributed by atoms with Crippen molar-refractivity contribution in [3.05, 3.63) is 22.0 Å². The van der Waals surface area contributed by atoms with Gasteiger partial charge in [-0.25, -0.2) is 9.37 Å². The van der Waals surface area contributed by atoms with Gasteiger partial charge in [0.25, 0.3) is 0 Å². The number of aromatic nitrogens is 2. The first-order chi connectivity index (χ1) is 8.04. The first-order valence-corrected chi connectivity index (χ1v) is 4.82. The number of aliphatic hydroxyl groups excluding tert-OH is 2. The lowest BCUT2D eigenvalue weighted by atomic mass is 10.1. The Labute approximate surface area is 94.2 Å². The van der Waals surface area contributed by atoms with E-state index in [9.17, 15) is 19.6 Å². The van der Waals surface area contributed by atoms with Crippen LogP contribution in [0.25, 0.3) is 0 Å². The first-order valence-electron chi connectivity index (χ1n) is 4.82. The number of rotatable bonds is 3. The number of halogens is 1. The van der Waals surface area contributed by atoms with E-state index in [1.807, 2.05) is 0 Å². The maximum absolute atomic E-state index is 13.6. The SMILES string of the molecule is O=[N+]([O-])c1nc([C@@H]2O[C@H](CO)[C@@H](O)[C@@H]2F)c[nH]1. The van der Waals surface area contributed by atoms with E-state index in [2.05, 4.69) is 9.97 Å². The fraction of sp³-hybridized carbons (Fsp3) is 0.625. The molecule has 0 radical (unpaired) electrons. The molecule has 8 nitrogen and oxygen atoms in total. The highest BCUT2D eigenvalue weighted by molar-refractivity contribution is 5.16. The fourth-order valence-corrected chi connectivity index (χ4v) is 1.68. The van der Waals surface area contributed by atoms with Gasteiger partial charge in [-0.1, -0.05) is 4.98 Å². The molecule has 1 aliphatic heterocycles. The van der Waals surface area contributed by atoms with Crippen LogP contribution in [0.2, 0.25) is 0 Å². The van der Waals surface area contributed by atoms with Gasteiger partial charge in [0, 0.05) is 0 Å². The molecule has 1 fully saturated rings. The maximum Gasteiger partial charge on any atom is 0.432 e. The zero-order valence-corrected chi connectivity index (χ0v) is 8.49. The Morgan fingerprint density at radius 3 is 2.88 bits per heavy atom. The second-order valence-electron chi connectivity index (χ2n) is 3.62. The topological polar surface area (TPSA) is 122 Å². The van der Waals surface area contributed by atoms with E-state index in [-0.39, 0.29) is 5.69 Å². The molecular formula is C8H10FN3O5. The Bertz CT molecular complexity index is 425. The number of hydrogen-bond acceptors (Lipinski definition) is 6. The molecule has 2 heterocycles. The lowest BCUT2D eigenvalue weighted by Crippen LogP contribution is -2.30. The van der Waals surface area contributed by atoms with Gasteiger partial charge in [-0.3, -0.25) is 0 Å². The number of nitro groups is 1. The van der Waals surface area contributed by atoms with Gasteiger partial charge in [0.2, 0.25) is 0 Å². The third-order valence-corrected chi connectivity index (χ3v) is 2.55. The van der Waals surface area contributed by atoms with E-state index in [1.165, 1.54) is 0 Å². The third kappa shape index (κ3) is 1.99. The number of hydrogen-bond donors (Lipinski definition) is 3. The number of ether oxygens (including phenoxy) is 1. The molecule has 0 saturated carbocycles. The van der Waals surface area contributed by atoms with Crippen LogP contribution in [0.4, 0.5) is 10.3 Å². The molecule has 1 aliphatic rings. The number of nitrogens with zero attached hydrogens (tertiary/aromatic N) is 2. The Balaban J connectivity index is 2.19. The lowest BCUT2D eigenvalue weighted by Gasteiger charge is -2.08. The van der Waals surface area contributed by atoms with Crippen molar-refractivity contribution < 1.29 is 24.3 Å². The second-order valence-corrected chi connectivity index (χ2v) is 3.62. The largest absolute Gasteiger partial charge is 0.432 e. The van der Waals surface area contributed by atoms with Crippen molar-refractivity contribution in [3.8, 4) is 0 Å². The molecule has 0 aromatic carbocycles. The van der Waals surface area contributed by atoms with Crippen LogP contribution in [0.3, 0.4) is 0 Å². The number of imidazole rings is 1. The fourth-order valence-electron chi connectivity index (χ4n) is 1.68. The van der Waals surface area contributed by atoms with Gasteiger partial charge in [-0.2, -0.15) is 0 Å². The van der Waals surface area contributed by atoms with Gasteiger partial charge < -0.3 is 25.1 Å². The van der Waals surface area contributed by atoms with E-state index in [0.29, 0.717) is 0 Å². The summed E-state index contributed by atoms with van der Waals surface area (Å²) in [4.78, 5) is 15.4. The summed E-state index contributed by atoms with van der Waals surface area (Å²) in [6.45, 7) is -0.537. The van der Waals surface area contributed by atoms with Gasteiger partial charge in [-0.15, -0.1) is 0 Å². The second kappa shape index (κ2) is 4.35. The summed E-state index contributed by atoms with van der Waals surface area (Å²) >= 11 is 0. The van der Waals surface area contributed by atoms with Crippen molar-refractivity contribution in [1.82, 2.24) is 9.97 Å². The van der Waals surface area contributed by atoms with E-state index in [0.717, 1.165) is 6.20 Å². The third-order valence-electron chi connectivity index (χ3n) is 2.55. The molecule has 0 unspecified atom stereocenters. The van der Waals surface area contributed by atoms with E-state index < -0.39 is 42.0 Å². The summed E-state index contributed by atoms with van der Waals surface area (Å²) in [5.74, 6) is -0.530. The predicted molar refractivity (Wildman–Crippen MR) is 50.8 cm³/mol.